The van der Waals surface area contributed by atoms with Crippen LogP contribution in [0.4, 0.5) is 10.5 Å². The molecule has 9 heteroatoms. The van der Waals surface area contributed by atoms with E-state index in [9.17, 15) is 19.2 Å². The van der Waals surface area contributed by atoms with Gasteiger partial charge in [0.25, 0.3) is 5.91 Å². The molecule has 1 spiro atoms. The number of esters is 1. The van der Waals surface area contributed by atoms with Gasteiger partial charge >= 0.3 is 12.0 Å². The smallest absolute Gasteiger partial charge is 0.340 e. The number of ether oxygens (including phenoxy) is 1. The van der Waals surface area contributed by atoms with Crippen LogP contribution in [0.25, 0.3) is 0 Å². The fourth-order valence-electron chi connectivity index (χ4n) is 3.69. The number of imide groups is 1. The molecule has 2 fully saturated rings. The first kappa shape index (κ1) is 21.3. The van der Waals surface area contributed by atoms with E-state index in [2.05, 4.69) is 26.6 Å². The monoisotopic (exact) mass is 465 g/mol. The van der Waals surface area contributed by atoms with Gasteiger partial charge in [0.2, 0.25) is 5.91 Å². The number of carbonyl (C=O) groups is 4. The minimum atomic E-state index is -0.782. The number of nitrogens with zero attached hydrogens (tertiary/aromatic N) is 1. The van der Waals surface area contributed by atoms with Crippen molar-refractivity contribution in [3.8, 4) is 0 Å². The zero-order valence-electron chi connectivity index (χ0n) is 16.3. The van der Waals surface area contributed by atoms with Crippen LogP contribution in [0.15, 0.2) is 22.7 Å². The highest BCUT2D eigenvalue weighted by atomic mass is 79.9. The summed E-state index contributed by atoms with van der Waals surface area (Å²) in [6.45, 7) is 2.17. The summed E-state index contributed by atoms with van der Waals surface area (Å²) in [5, 5.41) is 5.47. The Morgan fingerprint density at radius 3 is 2.69 bits per heavy atom. The number of benzene rings is 1. The summed E-state index contributed by atoms with van der Waals surface area (Å²) in [4.78, 5) is 50.6. The minimum Gasteiger partial charge on any atom is -0.462 e. The third-order valence-corrected chi connectivity index (χ3v) is 5.67. The summed E-state index contributed by atoms with van der Waals surface area (Å²) in [6.07, 6.45) is 3.72. The van der Waals surface area contributed by atoms with Crippen LogP contribution in [0, 0.1) is 0 Å². The first-order chi connectivity index (χ1) is 13.9. The van der Waals surface area contributed by atoms with E-state index in [0.29, 0.717) is 29.4 Å². The molecule has 1 saturated carbocycles. The van der Waals surface area contributed by atoms with Crippen LogP contribution in [0.3, 0.4) is 0 Å². The summed E-state index contributed by atoms with van der Waals surface area (Å²) >= 11 is 3.31. The minimum absolute atomic E-state index is 0.00953. The summed E-state index contributed by atoms with van der Waals surface area (Å²) in [5.74, 6) is -1.18. The van der Waals surface area contributed by atoms with E-state index in [0.717, 1.165) is 17.7 Å². The first-order valence-electron chi connectivity index (χ1n) is 9.77. The van der Waals surface area contributed by atoms with Crippen molar-refractivity contribution in [2.45, 2.75) is 51.0 Å². The van der Waals surface area contributed by atoms with E-state index in [4.69, 9.17) is 4.74 Å². The first-order valence-corrected chi connectivity index (χ1v) is 10.6. The lowest BCUT2D eigenvalue weighted by molar-refractivity contribution is -0.131. The number of urea groups is 1. The molecule has 1 aromatic carbocycles. The van der Waals surface area contributed by atoms with Crippen LogP contribution < -0.4 is 10.6 Å². The molecule has 0 aromatic heterocycles. The van der Waals surface area contributed by atoms with Crippen molar-refractivity contribution in [1.82, 2.24) is 10.2 Å². The molecule has 1 heterocycles. The molecular formula is C20H24BrN3O5. The number of hydrogen-bond acceptors (Lipinski definition) is 5. The quantitative estimate of drug-likeness (QED) is 0.475. The van der Waals surface area contributed by atoms with Gasteiger partial charge < -0.3 is 15.4 Å². The molecule has 1 aromatic rings. The maximum atomic E-state index is 12.6. The second-order valence-electron chi connectivity index (χ2n) is 7.30. The van der Waals surface area contributed by atoms with E-state index in [1.54, 1.807) is 18.2 Å². The molecule has 1 saturated heterocycles. The molecule has 0 radical (unpaired) electrons. The predicted octanol–water partition coefficient (Wildman–Crippen LogP) is 3.21. The molecule has 156 valence electrons. The van der Waals surface area contributed by atoms with Crippen molar-refractivity contribution in [1.29, 1.82) is 0 Å². The van der Waals surface area contributed by atoms with Gasteiger partial charge in [0, 0.05) is 17.4 Å². The molecule has 3 rings (SSSR count). The Balaban J connectivity index is 1.62. The standard InChI is InChI=1S/C20H24BrN3O5/c1-2-11-29-17(26)14-12-13(21)5-6-15(14)22-16(25)7-10-24-18(27)20(23-19(24)28)8-3-4-9-20/h5-6,12H,2-4,7-11H2,1H3,(H,22,25)(H,23,28). The highest BCUT2D eigenvalue weighted by Gasteiger charge is 2.52. The third-order valence-electron chi connectivity index (χ3n) is 5.18. The van der Waals surface area contributed by atoms with E-state index in [1.165, 1.54) is 0 Å². The average molecular weight is 466 g/mol. The lowest BCUT2D eigenvalue weighted by atomic mass is 9.98. The van der Waals surface area contributed by atoms with Gasteiger partial charge in [0.05, 0.1) is 17.9 Å². The van der Waals surface area contributed by atoms with Crippen LogP contribution in [-0.2, 0) is 14.3 Å². The maximum absolute atomic E-state index is 12.6. The Morgan fingerprint density at radius 1 is 1.28 bits per heavy atom. The molecule has 2 aliphatic rings. The predicted molar refractivity (Wildman–Crippen MR) is 109 cm³/mol. The fraction of sp³-hybridized carbons (Fsp3) is 0.500. The van der Waals surface area contributed by atoms with Gasteiger partial charge in [0.1, 0.15) is 5.54 Å². The molecule has 1 aliphatic carbocycles. The molecule has 2 N–H and O–H groups in total. The third kappa shape index (κ3) is 4.60. The van der Waals surface area contributed by atoms with Gasteiger partial charge in [0.15, 0.2) is 0 Å². The highest BCUT2D eigenvalue weighted by Crippen LogP contribution is 2.35. The summed E-state index contributed by atoms with van der Waals surface area (Å²) in [7, 11) is 0. The molecule has 4 amide bonds. The number of amides is 4. The number of nitrogens with one attached hydrogen (secondary N) is 2. The van der Waals surface area contributed by atoms with Crippen molar-refractivity contribution in [2.24, 2.45) is 0 Å². The van der Waals surface area contributed by atoms with E-state index >= 15 is 0 Å². The molecule has 29 heavy (non-hydrogen) atoms. The van der Waals surface area contributed by atoms with Crippen molar-refractivity contribution < 1.29 is 23.9 Å². The van der Waals surface area contributed by atoms with Gasteiger partial charge in [-0.25, -0.2) is 9.59 Å². The maximum Gasteiger partial charge on any atom is 0.340 e. The number of hydrogen-bond donors (Lipinski definition) is 2. The molecule has 0 bridgehead atoms. The van der Waals surface area contributed by atoms with Gasteiger partial charge in [-0.05, 0) is 37.5 Å². The van der Waals surface area contributed by atoms with Gasteiger partial charge in [-0.1, -0.05) is 35.7 Å². The van der Waals surface area contributed by atoms with Crippen LogP contribution in [0.5, 0.6) is 0 Å². The number of carbonyl (C=O) groups excluding carboxylic acids is 4. The normalized spacial score (nSPS) is 17.5. The summed E-state index contributed by atoms with van der Waals surface area (Å²) in [5.41, 5.74) is -0.222. The number of rotatable bonds is 7. The zero-order chi connectivity index (χ0) is 21.0. The van der Waals surface area contributed by atoms with Crippen molar-refractivity contribution in [2.75, 3.05) is 18.5 Å². The van der Waals surface area contributed by atoms with Crippen LogP contribution >= 0.6 is 15.9 Å². The highest BCUT2D eigenvalue weighted by molar-refractivity contribution is 9.10. The van der Waals surface area contributed by atoms with Gasteiger partial charge in [-0.15, -0.1) is 0 Å². The second kappa shape index (κ2) is 8.94. The Hall–Kier alpha value is -2.42. The van der Waals surface area contributed by atoms with Crippen molar-refractivity contribution in [3.05, 3.63) is 28.2 Å². The topological polar surface area (TPSA) is 105 Å². The van der Waals surface area contributed by atoms with Crippen LogP contribution in [0.2, 0.25) is 0 Å². The van der Waals surface area contributed by atoms with Crippen LogP contribution in [-0.4, -0.2) is 47.4 Å². The molecule has 8 nitrogen and oxygen atoms in total. The molecular weight excluding hydrogens is 442 g/mol. The Labute approximate surface area is 177 Å². The molecule has 0 unspecified atom stereocenters. The number of anilines is 1. The van der Waals surface area contributed by atoms with Gasteiger partial charge in [-0.2, -0.15) is 0 Å². The van der Waals surface area contributed by atoms with Crippen molar-refractivity contribution in [3.63, 3.8) is 0 Å². The van der Waals surface area contributed by atoms with Crippen LogP contribution in [0.1, 0.15) is 55.8 Å². The lowest BCUT2D eigenvalue weighted by Gasteiger charge is -2.20. The second-order valence-corrected chi connectivity index (χ2v) is 8.22. The van der Waals surface area contributed by atoms with E-state index in [1.807, 2.05) is 6.92 Å². The lowest BCUT2D eigenvalue weighted by Crippen LogP contribution is -2.44. The Morgan fingerprint density at radius 2 is 2.00 bits per heavy atom. The molecule has 0 atom stereocenters. The fourth-order valence-corrected chi connectivity index (χ4v) is 4.05. The summed E-state index contributed by atoms with van der Waals surface area (Å²) < 4.78 is 5.84. The Kier molecular flexibility index (Phi) is 6.56. The zero-order valence-corrected chi connectivity index (χ0v) is 17.8. The van der Waals surface area contributed by atoms with Crippen molar-refractivity contribution >= 4 is 45.4 Å². The average Bonchev–Trinajstić information content (AvgIpc) is 3.25. The molecule has 1 aliphatic heterocycles. The SMILES string of the molecule is CCCOC(=O)c1cc(Br)ccc1NC(=O)CCN1C(=O)NC2(CCCC2)C1=O. The summed E-state index contributed by atoms with van der Waals surface area (Å²) in [6, 6.07) is 4.44. The van der Waals surface area contributed by atoms with E-state index in [-0.39, 0.29) is 31.0 Å². The largest absolute Gasteiger partial charge is 0.462 e. The van der Waals surface area contributed by atoms with Gasteiger partial charge in [-0.3, -0.25) is 14.5 Å². The van der Waals surface area contributed by atoms with E-state index < -0.39 is 23.4 Å². The number of halogens is 1. The Bertz CT molecular complexity index is 835.